The van der Waals surface area contributed by atoms with Crippen molar-refractivity contribution in [1.29, 1.82) is 0 Å². The molecule has 0 aliphatic rings. The van der Waals surface area contributed by atoms with E-state index in [1.54, 1.807) is 41.5 Å². The van der Waals surface area contributed by atoms with Gasteiger partial charge in [0, 0.05) is 10.8 Å². The van der Waals surface area contributed by atoms with Crippen molar-refractivity contribution in [2.24, 2.45) is 10.8 Å². The largest absolute Gasteiger partial charge is 0.453 e. The van der Waals surface area contributed by atoms with E-state index in [1.807, 2.05) is 0 Å². The van der Waals surface area contributed by atoms with Gasteiger partial charge in [0.25, 0.3) is 5.82 Å². The third kappa shape index (κ3) is 5.52. The molecule has 0 unspecified atom stereocenters. The second-order valence-corrected chi connectivity index (χ2v) is 8.48. The molecule has 158 valence electrons. The maximum Gasteiger partial charge on any atom is 0.453 e. The quantitative estimate of drug-likeness (QED) is 0.801. The molecule has 0 saturated carbocycles. The predicted octanol–water partition coefficient (Wildman–Crippen LogP) is 3.65. The van der Waals surface area contributed by atoms with Gasteiger partial charge in [-0.2, -0.15) is 13.2 Å². The van der Waals surface area contributed by atoms with Gasteiger partial charge in [0.15, 0.2) is 5.82 Å². The van der Waals surface area contributed by atoms with E-state index in [2.05, 4.69) is 25.7 Å². The zero-order valence-corrected chi connectivity index (χ0v) is 17.0. The molecule has 8 nitrogen and oxygen atoms in total. The Morgan fingerprint density at radius 1 is 0.931 bits per heavy atom. The zero-order chi connectivity index (χ0) is 22.2. The Labute approximate surface area is 165 Å². The average molecular weight is 412 g/mol. The highest BCUT2D eigenvalue weighted by Crippen LogP contribution is 2.28. The first kappa shape index (κ1) is 22.3. The summed E-state index contributed by atoms with van der Waals surface area (Å²) in [4.78, 5) is 32.1. The van der Waals surface area contributed by atoms with Gasteiger partial charge in [0.05, 0.1) is 0 Å². The normalized spacial score (nSPS) is 12.6. The van der Waals surface area contributed by atoms with Crippen LogP contribution in [0, 0.1) is 10.8 Å². The Kier molecular flexibility index (Phi) is 5.73. The van der Waals surface area contributed by atoms with Crippen molar-refractivity contribution in [2.45, 2.75) is 47.7 Å². The number of carbonyl (C=O) groups excluding carboxylic acids is 2. The number of nitrogens with one attached hydrogen (secondary N) is 2. The minimum absolute atomic E-state index is 0.0599. The van der Waals surface area contributed by atoms with Crippen LogP contribution >= 0.6 is 0 Å². The van der Waals surface area contributed by atoms with Crippen molar-refractivity contribution in [1.82, 2.24) is 19.7 Å². The van der Waals surface area contributed by atoms with Gasteiger partial charge in [-0.05, 0) is 12.1 Å². The first-order valence-electron chi connectivity index (χ1n) is 8.72. The molecular weight excluding hydrogens is 389 g/mol. The summed E-state index contributed by atoms with van der Waals surface area (Å²) in [6.45, 7) is 10.2. The van der Waals surface area contributed by atoms with Crippen LogP contribution in [-0.4, -0.2) is 31.6 Å². The lowest BCUT2D eigenvalue weighted by Gasteiger charge is -2.20. The minimum atomic E-state index is -4.71. The number of rotatable bonds is 3. The lowest BCUT2D eigenvalue weighted by molar-refractivity contribution is -0.144. The fourth-order valence-electron chi connectivity index (χ4n) is 1.91. The highest BCUT2D eigenvalue weighted by atomic mass is 19.4. The number of pyridine rings is 1. The Hall–Kier alpha value is -2.98. The van der Waals surface area contributed by atoms with Crippen LogP contribution in [0.1, 0.15) is 47.4 Å². The van der Waals surface area contributed by atoms with Crippen LogP contribution < -0.4 is 10.6 Å². The Balaban J connectivity index is 2.48. The molecule has 29 heavy (non-hydrogen) atoms. The van der Waals surface area contributed by atoms with Gasteiger partial charge in [-0.15, -0.1) is 5.10 Å². The van der Waals surface area contributed by atoms with E-state index in [0.29, 0.717) is 0 Å². The minimum Gasteiger partial charge on any atom is -0.310 e. The SMILES string of the molecule is CC(C)(C)C(=O)Nc1ccc(-n2cnc(C(F)(F)F)n2)c(NC(=O)C(C)(C)C)n1. The third-order valence-electron chi connectivity index (χ3n) is 3.70. The van der Waals surface area contributed by atoms with Crippen LogP contribution in [-0.2, 0) is 15.8 Å². The maximum absolute atomic E-state index is 12.8. The Bertz CT molecular complexity index is 923. The summed E-state index contributed by atoms with van der Waals surface area (Å²) in [6.07, 6.45) is -3.84. The number of hydrogen-bond acceptors (Lipinski definition) is 5. The number of carbonyl (C=O) groups is 2. The lowest BCUT2D eigenvalue weighted by atomic mass is 9.95. The molecule has 2 heterocycles. The number of nitrogens with zero attached hydrogens (tertiary/aromatic N) is 4. The van der Waals surface area contributed by atoms with E-state index in [4.69, 9.17) is 0 Å². The molecule has 2 N–H and O–H groups in total. The number of alkyl halides is 3. The molecule has 0 spiro atoms. The van der Waals surface area contributed by atoms with E-state index in [9.17, 15) is 22.8 Å². The highest BCUT2D eigenvalue weighted by Gasteiger charge is 2.36. The molecule has 0 aliphatic heterocycles. The standard InChI is InChI=1S/C18H23F3N6O2/c1-16(2,3)14(28)24-11-8-7-10(12(23-11)25-15(29)17(4,5)6)27-9-22-13(26-27)18(19,20)21/h7-9H,1-6H3,(H2,23,24,25,28,29). The molecule has 2 aromatic heterocycles. The van der Waals surface area contributed by atoms with Gasteiger partial charge in [0.1, 0.15) is 17.8 Å². The van der Waals surface area contributed by atoms with Crippen molar-refractivity contribution in [2.75, 3.05) is 10.6 Å². The Morgan fingerprint density at radius 3 is 1.97 bits per heavy atom. The number of aromatic nitrogens is 4. The van der Waals surface area contributed by atoms with Crippen molar-refractivity contribution >= 4 is 23.5 Å². The van der Waals surface area contributed by atoms with Crippen LogP contribution in [0.3, 0.4) is 0 Å². The molecule has 0 fully saturated rings. The molecule has 2 amide bonds. The average Bonchev–Trinajstić information content (AvgIpc) is 3.03. The highest BCUT2D eigenvalue weighted by molar-refractivity contribution is 5.97. The monoisotopic (exact) mass is 412 g/mol. The first-order chi connectivity index (χ1) is 13.1. The summed E-state index contributed by atoms with van der Waals surface area (Å²) in [5.74, 6) is -1.98. The third-order valence-corrected chi connectivity index (χ3v) is 3.70. The van der Waals surface area contributed by atoms with E-state index in [1.165, 1.54) is 12.1 Å². The van der Waals surface area contributed by atoms with Gasteiger partial charge in [-0.25, -0.2) is 14.6 Å². The molecule has 0 atom stereocenters. The van der Waals surface area contributed by atoms with Crippen LogP contribution in [0.25, 0.3) is 5.69 Å². The summed E-state index contributed by atoms with van der Waals surface area (Å²) in [5, 5.41) is 8.61. The van der Waals surface area contributed by atoms with E-state index in [-0.39, 0.29) is 23.2 Å². The summed E-state index contributed by atoms with van der Waals surface area (Å²) in [5.41, 5.74) is -1.41. The number of amides is 2. The molecule has 0 bridgehead atoms. The Morgan fingerprint density at radius 2 is 1.48 bits per heavy atom. The number of hydrogen-bond donors (Lipinski definition) is 2. The van der Waals surface area contributed by atoms with E-state index in [0.717, 1.165) is 11.0 Å². The molecule has 0 aliphatic carbocycles. The number of anilines is 2. The van der Waals surface area contributed by atoms with Crippen LogP contribution in [0.4, 0.5) is 24.8 Å². The lowest BCUT2D eigenvalue weighted by Crippen LogP contribution is -2.30. The molecule has 0 saturated heterocycles. The molecule has 2 aromatic rings. The van der Waals surface area contributed by atoms with E-state index >= 15 is 0 Å². The summed E-state index contributed by atoms with van der Waals surface area (Å²) in [7, 11) is 0. The smallest absolute Gasteiger partial charge is 0.310 e. The number of halogens is 3. The fourth-order valence-corrected chi connectivity index (χ4v) is 1.91. The second kappa shape index (κ2) is 7.45. The van der Waals surface area contributed by atoms with Crippen molar-refractivity contribution in [3.8, 4) is 5.69 Å². The van der Waals surface area contributed by atoms with Crippen molar-refractivity contribution in [3.63, 3.8) is 0 Å². The summed E-state index contributed by atoms with van der Waals surface area (Å²) >= 11 is 0. The van der Waals surface area contributed by atoms with Crippen LogP contribution in [0.2, 0.25) is 0 Å². The first-order valence-corrected chi connectivity index (χ1v) is 8.72. The van der Waals surface area contributed by atoms with Gasteiger partial charge in [-0.3, -0.25) is 9.59 Å². The van der Waals surface area contributed by atoms with Gasteiger partial charge < -0.3 is 10.6 Å². The summed E-state index contributed by atoms with van der Waals surface area (Å²) in [6, 6.07) is 2.79. The maximum atomic E-state index is 12.8. The topological polar surface area (TPSA) is 102 Å². The molecule has 0 radical (unpaired) electrons. The zero-order valence-electron chi connectivity index (χ0n) is 17.0. The van der Waals surface area contributed by atoms with Crippen LogP contribution in [0.5, 0.6) is 0 Å². The van der Waals surface area contributed by atoms with Gasteiger partial charge in [-0.1, -0.05) is 41.5 Å². The molecular formula is C18H23F3N6O2. The fraction of sp³-hybridized carbons (Fsp3) is 0.500. The summed E-state index contributed by atoms with van der Waals surface area (Å²) < 4.78 is 39.4. The van der Waals surface area contributed by atoms with Gasteiger partial charge >= 0.3 is 6.18 Å². The van der Waals surface area contributed by atoms with Crippen LogP contribution in [0.15, 0.2) is 18.5 Å². The molecule has 11 heteroatoms. The molecule has 0 aromatic carbocycles. The van der Waals surface area contributed by atoms with Crippen molar-refractivity contribution < 1.29 is 22.8 Å². The van der Waals surface area contributed by atoms with Crippen molar-refractivity contribution in [3.05, 3.63) is 24.3 Å². The second-order valence-electron chi connectivity index (χ2n) is 8.48. The molecule has 2 rings (SSSR count). The predicted molar refractivity (Wildman–Crippen MR) is 100 cm³/mol. The van der Waals surface area contributed by atoms with E-state index < -0.39 is 28.7 Å². The van der Waals surface area contributed by atoms with Gasteiger partial charge in [0.2, 0.25) is 11.8 Å².